The third kappa shape index (κ3) is 12.7. The monoisotopic (exact) mass is 136 g/mol. The molecule has 0 fully saturated rings. The first-order chi connectivity index (χ1) is 2.00. The Morgan fingerprint density at radius 3 is 1.25 bits per heavy atom. The molecular formula is C2H8ClGa. The Kier molecular flexibility index (Phi) is 86.9. The zero-order valence-corrected chi connectivity index (χ0v) is 8.33. The first-order valence-corrected chi connectivity index (χ1v) is 6.89. The van der Waals surface area contributed by atoms with Gasteiger partial charge in [-0.05, 0) is 0 Å². The molecule has 0 saturated carbocycles. The van der Waals surface area contributed by atoms with Crippen LogP contribution in [0.3, 0.4) is 0 Å². The van der Waals surface area contributed by atoms with Crippen molar-refractivity contribution in [3.8, 4) is 0 Å². The van der Waals surface area contributed by atoms with E-state index in [-0.39, 0.29) is 0 Å². The van der Waals surface area contributed by atoms with Gasteiger partial charge in [0.05, 0.1) is 0 Å². The van der Waals surface area contributed by atoms with Gasteiger partial charge in [-0.1, -0.05) is 13.8 Å². The molecule has 0 unspecified atom stereocenters. The Morgan fingerprint density at radius 2 is 1.25 bits per heavy atom. The second kappa shape index (κ2) is 39.2. The summed E-state index contributed by atoms with van der Waals surface area (Å²) in [5, 5.41) is 0. The Labute approximate surface area is 41.5 Å². The maximum absolute atomic E-state index is 4.83. The van der Waals surface area contributed by atoms with Gasteiger partial charge >= 0.3 is 27.2 Å². The van der Waals surface area contributed by atoms with E-state index in [2.05, 4.69) is 0 Å². The first-order valence-electron chi connectivity index (χ1n) is 1.38. The van der Waals surface area contributed by atoms with Crippen molar-refractivity contribution in [2.45, 2.75) is 13.8 Å². The van der Waals surface area contributed by atoms with Gasteiger partial charge in [0.1, 0.15) is 0 Å². The summed E-state index contributed by atoms with van der Waals surface area (Å²) in [6.45, 7) is 4.00. The van der Waals surface area contributed by atoms with Gasteiger partial charge in [-0.2, -0.15) is 0 Å². The van der Waals surface area contributed by atoms with Crippen molar-refractivity contribution in [1.29, 1.82) is 0 Å². The molecule has 0 aromatic rings. The zero-order chi connectivity index (χ0) is 4.00. The molecule has 0 spiro atoms. The van der Waals surface area contributed by atoms with E-state index in [1.807, 2.05) is 13.8 Å². The normalized spacial score (nSPS) is 2.75. The van der Waals surface area contributed by atoms with Gasteiger partial charge in [-0.25, -0.2) is 0 Å². The van der Waals surface area contributed by atoms with Crippen LogP contribution in [0.4, 0.5) is 0 Å². The average Bonchev–Trinajstić information content (AvgIpc) is 1.50. The molecule has 4 heavy (non-hydrogen) atoms. The van der Waals surface area contributed by atoms with Crippen LogP contribution in [0.2, 0.25) is 0 Å². The molecule has 0 heterocycles. The predicted octanol–water partition coefficient (Wildman–Crippen LogP) is 0.799. The Balaban J connectivity index is 0. The van der Waals surface area contributed by atoms with E-state index in [0.29, 0.717) is 17.6 Å². The number of hydrogen-bond donors (Lipinski definition) is 0. The Morgan fingerprint density at radius 1 is 1.25 bits per heavy atom. The molecule has 0 atom stereocenters. The predicted molar refractivity (Wildman–Crippen MR) is 25.7 cm³/mol. The number of hydrogen-bond acceptors (Lipinski definition) is 0. The molecule has 0 aliphatic heterocycles. The standard InChI is InChI=1S/C2H6.ClH.Ga.2H/c1-2;;;;/h1-2H3;1H;;;/q;;+1;;/p-1. The molecule has 0 bridgehead atoms. The van der Waals surface area contributed by atoms with Crippen LogP contribution in [-0.2, 0) is 0 Å². The number of rotatable bonds is 0. The van der Waals surface area contributed by atoms with Crippen molar-refractivity contribution in [2.24, 2.45) is 0 Å². The summed E-state index contributed by atoms with van der Waals surface area (Å²) in [6, 6.07) is 0. The zero-order valence-electron chi connectivity index (χ0n) is 3.38. The van der Waals surface area contributed by atoms with Gasteiger partial charge in [0.25, 0.3) is 0 Å². The summed E-state index contributed by atoms with van der Waals surface area (Å²) < 4.78 is 0. The molecule has 0 amide bonds. The van der Waals surface area contributed by atoms with Gasteiger partial charge in [-0.3, -0.25) is 0 Å². The summed E-state index contributed by atoms with van der Waals surface area (Å²) in [5.41, 5.74) is 0. The number of halogens is 1. The fourth-order valence-electron chi connectivity index (χ4n) is 0. The minimum atomic E-state index is 0.535. The van der Waals surface area contributed by atoms with E-state index in [4.69, 9.17) is 9.64 Å². The van der Waals surface area contributed by atoms with Crippen LogP contribution in [-0.4, -0.2) is 17.6 Å². The quantitative estimate of drug-likeness (QED) is 0.433. The van der Waals surface area contributed by atoms with Crippen molar-refractivity contribution in [3.63, 3.8) is 0 Å². The van der Waals surface area contributed by atoms with Crippen LogP contribution in [0.1, 0.15) is 13.8 Å². The molecule has 0 aliphatic rings. The van der Waals surface area contributed by atoms with Gasteiger partial charge in [-0.15, -0.1) is 0 Å². The van der Waals surface area contributed by atoms with Gasteiger partial charge in [0, 0.05) is 0 Å². The molecule has 0 aromatic carbocycles. The van der Waals surface area contributed by atoms with Crippen molar-refractivity contribution >= 4 is 27.2 Å². The Bertz CT molecular complexity index is 6.00. The molecule has 0 aromatic heterocycles. The fourth-order valence-corrected chi connectivity index (χ4v) is 0. The van der Waals surface area contributed by atoms with Crippen LogP contribution in [0, 0.1) is 0 Å². The second-order valence-corrected chi connectivity index (χ2v) is 0. The van der Waals surface area contributed by atoms with Crippen LogP contribution in [0.5, 0.6) is 0 Å². The summed E-state index contributed by atoms with van der Waals surface area (Å²) >= 11 is 0.535. The molecule has 0 rings (SSSR count). The summed E-state index contributed by atoms with van der Waals surface area (Å²) in [7, 11) is 4.83. The summed E-state index contributed by atoms with van der Waals surface area (Å²) in [4.78, 5) is 0. The van der Waals surface area contributed by atoms with Crippen molar-refractivity contribution in [3.05, 3.63) is 0 Å². The van der Waals surface area contributed by atoms with E-state index in [0.717, 1.165) is 0 Å². The van der Waals surface area contributed by atoms with Crippen LogP contribution < -0.4 is 0 Å². The molecule has 0 radical (unpaired) electrons. The molecule has 0 nitrogen and oxygen atoms in total. The average molecular weight is 137 g/mol. The topological polar surface area (TPSA) is 0 Å². The van der Waals surface area contributed by atoms with E-state index in [1.165, 1.54) is 0 Å². The SMILES string of the molecule is CC.[Cl][GaH2]. The molecule has 26 valence electrons. The van der Waals surface area contributed by atoms with E-state index in [9.17, 15) is 0 Å². The summed E-state index contributed by atoms with van der Waals surface area (Å²) in [6.07, 6.45) is 0. The molecular weight excluding hydrogens is 129 g/mol. The van der Waals surface area contributed by atoms with Crippen LogP contribution >= 0.6 is 9.64 Å². The molecule has 0 N–H and O–H groups in total. The third-order valence-corrected chi connectivity index (χ3v) is 0. The van der Waals surface area contributed by atoms with E-state index >= 15 is 0 Å². The molecule has 0 saturated heterocycles. The van der Waals surface area contributed by atoms with Crippen molar-refractivity contribution in [1.82, 2.24) is 0 Å². The molecule has 0 aliphatic carbocycles. The van der Waals surface area contributed by atoms with Crippen LogP contribution in [0.25, 0.3) is 0 Å². The van der Waals surface area contributed by atoms with Gasteiger partial charge < -0.3 is 0 Å². The van der Waals surface area contributed by atoms with Crippen LogP contribution in [0.15, 0.2) is 0 Å². The first kappa shape index (κ1) is 8.87. The van der Waals surface area contributed by atoms with Crippen molar-refractivity contribution < 1.29 is 0 Å². The maximum atomic E-state index is 4.83. The minimum absolute atomic E-state index is 0.535. The molecule has 2 heteroatoms. The Hall–Kier alpha value is 0.926. The van der Waals surface area contributed by atoms with Crippen molar-refractivity contribution in [2.75, 3.05) is 0 Å². The van der Waals surface area contributed by atoms with E-state index in [1.54, 1.807) is 0 Å². The fraction of sp³-hybridized carbons (Fsp3) is 1.00. The van der Waals surface area contributed by atoms with Gasteiger partial charge in [0.15, 0.2) is 0 Å². The van der Waals surface area contributed by atoms with Gasteiger partial charge in [0.2, 0.25) is 0 Å². The summed E-state index contributed by atoms with van der Waals surface area (Å²) in [5.74, 6) is 0. The van der Waals surface area contributed by atoms with E-state index < -0.39 is 0 Å². The second-order valence-electron chi connectivity index (χ2n) is 0. The third-order valence-electron chi connectivity index (χ3n) is 0.